The Morgan fingerprint density at radius 2 is 1.43 bits per heavy atom. The van der Waals surface area contributed by atoms with Crippen molar-refractivity contribution in [2.45, 2.75) is 19.3 Å². The molecule has 30 heavy (non-hydrogen) atoms. The van der Waals surface area contributed by atoms with Crippen LogP contribution in [0.1, 0.15) is 40.1 Å². The number of nitrogens with two attached hydrogens (primary N) is 1. The Morgan fingerprint density at radius 3 is 1.97 bits per heavy atom. The van der Waals surface area contributed by atoms with Crippen molar-refractivity contribution >= 4 is 11.8 Å². The molecule has 3 aromatic rings. The van der Waals surface area contributed by atoms with Crippen LogP contribution in [0.3, 0.4) is 0 Å². The molecule has 0 saturated carbocycles. The van der Waals surface area contributed by atoms with Gasteiger partial charge in [-0.05, 0) is 60.2 Å². The SMILES string of the molecule is CC(C)(CNC(=O)c1ccc(Oc2ccc(C(N)=O)cc2)cc1)c1ccccc1F. The molecule has 3 rings (SSSR count). The van der Waals surface area contributed by atoms with E-state index < -0.39 is 11.3 Å². The van der Waals surface area contributed by atoms with E-state index in [0.29, 0.717) is 28.2 Å². The standard InChI is InChI=1S/C24H23FN2O3/c1-24(2,20-5-3-4-6-21(20)25)15-27-23(29)17-9-13-19(14-10-17)30-18-11-7-16(8-12-18)22(26)28/h3-14H,15H2,1-2H3,(H2,26,28)(H,27,29). The van der Waals surface area contributed by atoms with E-state index in [1.54, 1.807) is 66.7 Å². The van der Waals surface area contributed by atoms with Crippen LogP contribution in [0.4, 0.5) is 4.39 Å². The lowest BCUT2D eigenvalue weighted by atomic mass is 9.84. The number of carbonyl (C=O) groups excluding carboxylic acids is 2. The second-order valence-electron chi connectivity index (χ2n) is 7.56. The van der Waals surface area contributed by atoms with Gasteiger partial charge in [-0.15, -0.1) is 0 Å². The van der Waals surface area contributed by atoms with Crippen LogP contribution < -0.4 is 15.8 Å². The quantitative estimate of drug-likeness (QED) is 0.609. The minimum absolute atomic E-state index is 0.253. The van der Waals surface area contributed by atoms with Crippen molar-refractivity contribution in [1.29, 1.82) is 0 Å². The minimum Gasteiger partial charge on any atom is -0.457 e. The van der Waals surface area contributed by atoms with Gasteiger partial charge in [0.1, 0.15) is 17.3 Å². The first-order valence-electron chi connectivity index (χ1n) is 9.47. The summed E-state index contributed by atoms with van der Waals surface area (Å²) in [5.41, 5.74) is 6.08. The van der Waals surface area contributed by atoms with Gasteiger partial charge in [0.15, 0.2) is 0 Å². The van der Waals surface area contributed by atoms with E-state index in [1.807, 2.05) is 13.8 Å². The second-order valence-corrected chi connectivity index (χ2v) is 7.56. The summed E-state index contributed by atoms with van der Waals surface area (Å²) in [6.45, 7) is 4.05. The number of amides is 2. The first-order chi connectivity index (χ1) is 14.3. The summed E-state index contributed by atoms with van der Waals surface area (Å²) in [7, 11) is 0. The number of nitrogens with one attached hydrogen (secondary N) is 1. The van der Waals surface area contributed by atoms with Gasteiger partial charge in [-0.2, -0.15) is 0 Å². The minimum atomic E-state index is -0.554. The molecule has 0 aliphatic heterocycles. The molecule has 0 saturated heterocycles. The number of rotatable bonds is 7. The predicted molar refractivity (Wildman–Crippen MR) is 113 cm³/mol. The van der Waals surface area contributed by atoms with E-state index in [0.717, 1.165) is 0 Å². The summed E-state index contributed by atoms with van der Waals surface area (Å²) in [4.78, 5) is 23.6. The summed E-state index contributed by atoms with van der Waals surface area (Å²) in [5.74, 6) is 0.0443. The van der Waals surface area contributed by atoms with Crippen molar-refractivity contribution in [3.8, 4) is 11.5 Å². The van der Waals surface area contributed by atoms with Gasteiger partial charge in [-0.1, -0.05) is 32.0 Å². The highest BCUT2D eigenvalue weighted by Gasteiger charge is 2.24. The molecule has 154 valence electrons. The number of carbonyl (C=O) groups is 2. The van der Waals surface area contributed by atoms with Gasteiger partial charge in [0.2, 0.25) is 5.91 Å². The molecule has 0 unspecified atom stereocenters. The Labute approximate surface area is 174 Å². The Balaban J connectivity index is 1.61. The molecule has 5 nitrogen and oxygen atoms in total. The van der Waals surface area contributed by atoms with Gasteiger partial charge in [0.25, 0.3) is 5.91 Å². The third-order valence-corrected chi connectivity index (χ3v) is 4.78. The van der Waals surface area contributed by atoms with Crippen molar-refractivity contribution in [3.05, 3.63) is 95.3 Å². The highest BCUT2D eigenvalue weighted by molar-refractivity contribution is 5.94. The lowest BCUT2D eigenvalue weighted by Crippen LogP contribution is -2.37. The lowest BCUT2D eigenvalue weighted by molar-refractivity contribution is 0.0944. The second kappa shape index (κ2) is 8.78. The molecule has 0 bridgehead atoms. The molecule has 0 aliphatic rings. The van der Waals surface area contributed by atoms with Crippen LogP contribution in [0.2, 0.25) is 0 Å². The number of primary amides is 1. The van der Waals surface area contributed by atoms with Gasteiger partial charge < -0.3 is 15.8 Å². The molecular formula is C24H23FN2O3. The van der Waals surface area contributed by atoms with Crippen molar-refractivity contribution in [1.82, 2.24) is 5.32 Å². The average molecular weight is 406 g/mol. The van der Waals surface area contributed by atoms with Crippen LogP contribution in [0.5, 0.6) is 11.5 Å². The van der Waals surface area contributed by atoms with Gasteiger partial charge in [0.05, 0.1) is 0 Å². The molecule has 0 atom stereocenters. The predicted octanol–water partition coefficient (Wildman–Crippen LogP) is 4.42. The smallest absolute Gasteiger partial charge is 0.251 e. The topological polar surface area (TPSA) is 81.4 Å². The highest BCUT2D eigenvalue weighted by atomic mass is 19.1. The highest BCUT2D eigenvalue weighted by Crippen LogP contribution is 2.25. The van der Waals surface area contributed by atoms with Gasteiger partial charge in [0, 0.05) is 23.1 Å². The fourth-order valence-corrected chi connectivity index (χ4v) is 3.01. The van der Waals surface area contributed by atoms with Crippen molar-refractivity contribution in [2.24, 2.45) is 5.73 Å². The van der Waals surface area contributed by atoms with Crippen molar-refractivity contribution < 1.29 is 18.7 Å². The van der Waals surface area contributed by atoms with E-state index in [2.05, 4.69) is 5.32 Å². The third kappa shape index (κ3) is 5.03. The summed E-state index contributed by atoms with van der Waals surface area (Å²) in [5, 5.41) is 2.86. The number of halogens is 1. The lowest BCUT2D eigenvalue weighted by Gasteiger charge is -2.26. The molecule has 0 spiro atoms. The largest absolute Gasteiger partial charge is 0.457 e. The summed E-state index contributed by atoms with van der Waals surface area (Å²) in [6.07, 6.45) is 0. The Morgan fingerprint density at radius 1 is 0.900 bits per heavy atom. The van der Waals surface area contributed by atoms with Crippen LogP contribution in [0, 0.1) is 5.82 Å². The fourth-order valence-electron chi connectivity index (χ4n) is 3.01. The summed E-state index contributed by atoms with van der Waals surface area (Å²) in [6, 6.07) is 19.7. The van der Waals surface area contributed by atoms with Crippen LogP contribution >= 0.6 is 0 Å². The number of hydrogen-bond donors (Lipinski definition) is 2. The normalized spacial score (nSPS) is 11.0. The molecule has 0 radical (unpaired) electrons. The van der Waals surface area contributed by atoms with E-state index >= 15 is 0 Å². The third-order valence-electron chi connectivity index (χ3n) is 4.78. The van der Waals surface area contributed by atoms with Gasteiger partial charge in [-0.3, -0.25) is 9.59 Å². The molecule has 3 aromatic carbocycles. The van der Waals surface area contributed by atoms with E-state index in [-0.39, 0.29) is 18.3 Å². The van der Waals surface area contributed by atoms with Crippen LogP contribution in [0.15, 0.2) is 72.8 Å². The molecule has 2 amide bonds. The van der Waals surface area contributed by atoms with Crippen molar-refractivity contribution in [3.63, 3.8) is 0 Å². The molecule has 0 fully saturated rings. The van der Waals surface area contributed by atoms with Crippen LogP contribution in [0.25, 0.3) is 0 Å². The Hall–Kier alpha value is -3.67. The van der Waals surface area contributed by atoms with E-state index in [1.165, 1.54) is 6.07 Å². The van der Waals surface area contributed by atoms with Crippen LogP contribution in [-0.2, 0) is 5.41 Å². The van der Waals surface area contributed by atoms with Gasteiger partial charge in [-0.25, -0.2) is 4.39 Å². The maximum Gasteiger partial charge on any atom is 0.251 e. The first kappa shape index (κ1) is 21.0. The molecule has 0 aromatic heterocycles. The van der Waals surface area contributed by atoms with Crippen LogP contribution in [-0.4, -0.2) is 18.4 Å². The molecular weight excluding hydrogens is 383 g/mol. The zero-order valence-corrected chi connectivity index (χ0v) is 16.8. The monoisotopic (exact) mass is 406 g/mol. The fraction of sp³-hybridized carbons (Fsp3) is 0.167. The number of benzene rings is 3. The zero-order chi connectivity index (χ0) is 21.7. The molecule has 6 heteroatoms. The van der Waals surface area contributed by atoms with E-state index in [4.69, 9.17) is 10.5 Å². The summed E-state index contributed by atoms with van der Waals surface area (Å²) >= 11 is 0. The summed E-state index contributed by atoms with van der Waals surface area (Å²) < 4.78 is 19.8. The van der Waals surface area contributed by atoms with E-state index in [9.17, 15) is 14.0 Å². The maximum absolute atomic E-state index is 14.1. The van der Waals surface area contributed by atoms with Crippen molar-refractivity contribution in [2.75, 3.05) is 6.54 Å². The molecule has 3 N–H and O–H groups in total. The zero-order valence-electron chi connectivity index (χ0n) is 16.8. The average Bonchev–Trinajstić information content (AvgIpc) is 2.73. The molecule has 0 heterocycles. The number of hydrogen-bond acceptors (Lipinski definition) is 3. The molecule has 0 aliphatic carbocycles. The van der Waals surface area contributed by atoms with Gasteiger partial charge >= 0.3 is 0 Å². The number of ether oxygens (including phenoxy) is 1. The first-order valence-corrected chi connectivity index (χ1v) is 9.47. The Bertz CT molecular complexity index is 1040. The maximum atomic E-state index is 14.1. The Kier molecular flexibility index (Phi) is 6.16.